The zero-order valence-electron chi connectivity index (χ0n) is 5.71. The Morgan fingerprint density at radius 3 is 2.73 bits per heavy atom. The van der Waals surface area contributed by atoms with E-state index in [0.29, 0.717) is 0 Å². The maximum atomic E-state index is 10.8. The minimum absolute atomic E-state index is 0.113. The summed E-state index contributed by atoms with van der Waals surface area (Å²) in [5, 5.41) is 0.154. The molecular weight excluding hydrogens is 168 g/mol. The first-order chi connectivity index (χ1) is 5.16. The fourth-order valence-electron chi connectivity index (χ4n) is 0.611. The lowest BCUT2D eigenvalue weighted by atomic mass is 10.3. The first-order valence-corrected chi connectivity index (χ1v) is 3.53. The summed E-state index contributed by atoms with van der Waals surface area (Å²) < 4.78 is 6.64. The maximum Gasteiger partial charge on any atom is 0.346 e. The Labute approximate surface area is 65.9 Å². The van der Waals surface area contributed by atoms with Gasteiger partial charge in [0.1, 0.15) is 5.00 Å². The Bertz CT molecular complexity index is 327. The van der Waals surface area contributed by atoms with Gasteiger partial charge in [0.25, 0.3) is 5.56 Å². The van der Waals surface area contributed by atoms with Crippen LogP contribution in [0.4, 0.5) is 5.00 Å². The van der Waals surface area contributed by atoms with E-state index >= 15 is 0 Å². The SMILES string of the molecule is COC(=O)c1c(N)s[nH]c1=O. The van der Waals surface area contributed by atoms with Crippen LogP contribution in [0.2, 0.25) is 0 Å². The van der Waals surface area contributed by atoms with E-state index in [0.717, 1.165) is 11.5 Å². The zero-order chi connectivity index (χ0) is 8.43. The molecule has 0 amide bonds. The molecule has 6 heteroatoms. The number of methoxy groups -OCH3 is 1. The standard InChI is InChI=1S/C5H6N2O3S/c1-10-5(9)2-3(6)11-7-4(2)8/h6H2,1H3,(H,7,8). The fourth-order valence-corrected chi connectivity index (χ4v) is 1.19. The minimum Gasteiger partial charge on any atom is -0.465 e. The second kappa shape index (κ2) is 2.75. The molecule has 0 aromatic carbocycles. The third-order valence-corrected chi connectivity index (χ3v) is 1.83. The van der Waals surface area contributed by atoms with Crippen LogP contribution in [0.1, 0.15) is 10.4 Å². The van der Waals surface area contributed by atoms with Gasteiger partial charge in [0.15, 0.2) is 5.56 Å². The average molecular weight is 174 g/mol. The number of ether oxygens (including phenoxy) is 1. The Kier molecular flexibility index (Phi) is 1.95. The average Bonchev–Trinajstić information content (AvgIpc) is 2.30. The molecule has 11 heavy (non-hydrogen) atoms. The third kappa shape index (κ3) is 1.25. The molecule has 0 saturated carbocycles. The Balaban J connectivity index is 3.21. The maximum absolute atomic E-state index is 10.8. The highest BCUT2D eigenvalue weighted by atomic mass is 32.1. The van der Waals surface area contributed by atoms with E-state index in [1.807, 2.05) is 0 Å². The van der Waals surface area contributed by atoms with Crippen molar-refractivity contribution >= 4 is 22.5 Å². The number of nitrogens with one attached hydrogen (secondary N) is 1. The summed E-state index contributed by atoms with van der Waals surface area (Å²) in [6, 6.07) is 0. The van der Waals surface area contributed by atoms with Crippen molar-refractivity contribution in [2.45, 2.75) is 0 Å². The molecule has 0 radical (unpaired) electrons. The predicted molar refractivity (Wildman–Crippen MR) is 40.7 cm³/mol. The molecule has 0 aliphatic heterocycles. The molecule has 0 spiro atoms. The van der Waals surface area contributed by atoms with Crippen LogP contribution < -0.4 is 11.3 Å². The highest BCUT2D eigenvalue weighted by Gasteiger charge is 2.16. The lowest BCUT2D eigenvalue weighted by Gasteiger charge is -1.92. The smallest absolute Gasteiger partial charge is 0.346 e. The number of hydrogen-bond donors (Lipinski definition) is 2. The summed E-state index contributed by atoms with van der Waals surface area (Å²) in [5.41, 5.74) is 4.69. The quantitative estimate of drug-likeness (QED) is 0.577. The number of aromatic nitrogens is 1. The lowest BCUT2D eigenvalue weighted by molar-refractivity contribution is 0.0601. The molecule has 0 aliphatic rings. The summed E-state index contributed by atoms with van der Waals surface area (Å²) in [6.07, 6.45) is 0. The molecule has 1 rings (SSSR count). The molecule has 0 fully saturated rings. The van der Waals surface area contributed by atoms with Crippen LogP contribution >= 0.6 is 11.5 Å². The van der Waals surface area contributed by atoms with Gasteiger partial charge in [0.2, 0.25) is 0 Å². The van der Waals surface area contributed by atoms with Crippen molar-refractivity contribution in [2.24, 2.45) is 0 Å². The number of anilines is 1. The number of hydrogen-bond acceptors (Lipinski definition) is 5. The van der Waals surface area contributed by atoms with Crippen molar-refractivity contribution in [3.63, 3.8) is 0 Å². The van der Waals surface area contributed by atoms with E-state index < -0.39 is 11.5 Å². The van der Waals surface area contributed by atoms with E-state index in [1.165, 1.54) is 7.11 Å². The molecule has 0 atom stereocenters. The van der Waals surface area contributed by atoms with Gasteiger partial charge in [-0.05, 0) is 11.5 Å². The van der Waals surface area contributed by atoms with E-state index in [2.05, 4.69) is 9.11 Å². The highest BCUT2D eigenvalue weighted by molar-refractivity contribution is 7.10. The molecule has 0 saturated heterocycles. The first kappa shape index (κ1) is 7.80. The molecular formula is C5H6N2O3S. The van der Waals surface area contributed by atoms with Gasteiger partial charge in [-0.25, -0.2) is 4.79 Å². The molecule has 0 aliphatic carbocycles. The molecule has 5 nitrogen and oxygen atoms in total. The van der Waals surface area contributed by atoms with Gasteiger partial charge in [0.05, 0.1) is 7.11 Å². The van der Waals surface area contributed by atoms with Crippen molar-refractivity contribution in [3.8, 4) is 0 Å². The van der Waals surface area contributed by atoms with Gasteiger partial charge in [-0.15, -0.1) is 0 Å². The van der Waals surface area contributed by atoms with Crippen molar-refractivity contribution < 1.29 is 9.53 Å². The molecule has 1 aromatic heterocycles. The van der Waals surface area contributed by atoms with Gasteiger partial charge in [0, 0.05) is 0 Å². The van der Waals surface area contributed by atoms with Crippen molar-refractivity contribution in [1.29, 1.82) is 0 Å². The first-order valence-electron chi connectivity index (χ1n) is 2.72. The van der Waals surface area contributed by atoms with Crippen LogP contribution in [0.25, 0.3) is 0 Å². The number of nitrogens with two attached hydrogens (primary N) is 1. The Hall–Kier alpha value is -1.30. The van der Waals surface area contributed by atoms with Crippen LogP contribution in [-0.2, 0) is 4.74 Å². The predicted octanol–water partition coefficient (Wildman–Crippen LogP) is -0.195. The number of carbonyl (C=O) groups excluding carboxylic acids is 1. The van der Waals surface area contributed by atoms with E-state index in [9.17, 15) is 9.59 Å². The van der Waals surface area contributed by atoms with Crippen molar-refractivity contribution in [2.75, 3.05) is 12.8 Å². The van der Waals surface area contributed by atoms with Gasteiger partial charge < -0.3 is 10.5 Å². The van der Waals surface area contributed by atoms with Crippen LogP contribution in [0.15, 0.2) is 4.79 Å². The molecule has 1 heterocycles. The third-order valence-electron chi connectivity index (χ3n) is 1.12. The fraction of sp³-hybridized carbons (Fsp3) is 0.200. The molecule has 3 N–H and O–H groups in total. The highest BCUT2D eigenvalue weighted by Crippen LogP contribution is 2.11. The van der Waals surface area contributed by atoms with Gasteiger partial charge in [-0.2, -0.15) is 0 Å². The number of esters is 1. The molecule has 0 bridgehead atoms. The molecule has 0 unspecified atom stereocenters. The van der Waals surface area contributed by atoms with E-state index in [1.54, 1.807) is 0 Å². The van der Waals surface area contributed by atoms with Crippen molar-refractivity contribution in [1.82, 2.24) is 4.37 Å². The second-order valence-electron chi connectivity index (χ2n) is 1.76. The van der Waals surface area contributed by atoms with Gasteiger partial charge in [-0.1, -0.05) is 0 Å². The van der Waals surface area contributed by atoms with Crippen LogP contribution in [0, 0.1) is 0 Å². The monoisotopic (exact) mass is 174 g/mol. The summed E-state index contributed by atoms with van der Waals surface area (Å²) in [4.78, 5) is 21.6. The van der Waals surface area contributed by atoms with Gasteiger partial charge >= 0.3 is 5.97 Å². The van der Waals surface area contributed by atoms with Crippen LogP contribution in [0.3, 0.4) is 0 Å². The minimum atomic E-state index is -0.704. The topological polar surface area (TPSA) is 85.2 Å². The number of rotatable bonds is 1. The number of H-pyrrole nitrogens is 1. The summed E-state index contributed by atoms with van der Waals surface area (Å²) >= 11 is 0.914. The second-order valence-corrected chi connectivity index (χ2v) is 2.61. The molecule has 60 valence electrons. The van der Waals surface area contributed by atoms with Crippen LogP contribution in [-0.4, -0.2) is 17.5 Å². The number of nitrogen functional groups attached to an aromatic ring is 1. The Morgan fingerprint density at radius 2 is 2.36 bits per heavy atom. The number of aromatic amines is 1. The summed E-state index contributed by atoms with van der Waals surface area (Å²) in [7, 11) is 1.19. The molecule has 1 aromatic rings. The van der Waals surface area contributed by atoms with Gasteiger partial charge in [-0.3, -0.25) is 9.17 Å². The van der Waals surface area contributed by atoms with Crippen molar-refractivity contribution in [3.05, 3.63) is 15.9 Å². The van der Waals surface area contributed by atoms with Crippen LogP contribution in [0.5, 0.6) is 0 Å². The number of carbonyl (C=O) groups is 1. The Morgan fingerprint density at radius 1 is 1.73 bits per heavy atom. The largest absolute Gasteiger partial charge is 0.465 e. The summed E-state index contributed by atoms with van der Waals surface area (Å²) in [5.74, 6) is -0.704. The van der Waals surface area contributed by atoms with E-state index in [4.69, 9.17) is 5.73 Å². The summed E-state index contributed by atoms with van der Waals surface area (Å²) in [6.45, 7) is 0. The van der Waals surface area contributed by atoms with E-state index in [-0.39, 0.29) is 10.6 Å². The normalized spacial score (nSPS) is 9.55. The zero-order valence-corrected chi connectivity index (χ0v) is 6.53. The lowest BCUT2D eigenvalue weighted by Crippen LogP contribution is -2.14.